The van der Waals surface area contributed by atoms with Gasteiger partial charge in [-0.25, -0.2) is 0 Å². The second kappa shape index (κ2) is 4.60. The topological polar surface area (TPSA) is 32.3 Å². The molecule has 0 spiro atoms. The summed E-state index contributed by atoms with van der Waals surface area (Å²) >= 11 is 0. The van der Waals surface area contributed by atoms with E-state index >= 15 is 0 Å². The Hall–Kier alpha value is -0.570. The van der Waals surface area contributed by atoms with E-state index in [9.17, 15) is 4.79 Å². The molecule has 1 saturated heterocycles. The molecule has 2 fully saturated rings. The van der Waals surface area contributed by atoms with Crippen LogP contribution >= 0.6 is 0 Å². The number of nitrogens with zero attached hydrogens (tertiary/aromatic N) is 1. The fourth-order valence-corrected chi connectivity index (χ4v) is 2.71. The average Bonchev–Trinajstić information content (AvgIpc) is 2.91. The van der Waals surface area contributed by atoms with Gasteiger partial charge in [-0.15, -0.1) is 0 Å². The molecule has 0 aromatic carbocycles. The highest BCUT2D eigenvalue weighted by molar-refractivity contribution is 5.84. The molecule has 0 aromatic rings. The fourth-order valence-electron chi connectivity index (χ4n) is 2.71. The Kier molecular flexibility index (Phi) is 3.48. The first-order valence-electron chi connectivity index (χ1n) is 7.03. The minimum absolute atomic E-state index is 0.0646. The van der Waals surface area contributed by atoms with Crippen LogP contribution < -0.4 is 5.32 Å². The summed E-state index contributed by atoms with van der Waals surface area (Å²) in [5.41, 5.74) is 0.408. The predicted molar refractivity (Wildman–Crippen MR) is 69.5 cm³/mol. The molecule has 1 amide bonds. The number of hydrogen-bond acceptors (Lipinski definition) is 2. The molecule has 1 N–H and O–H groups in total. The van der Waals surface area contributed by atoms with Gasteiger partial charge in [0, 0.05) is 6.54 Å². The van der Waals surface area contributed by atoms with Crippen molar-refractivity contribution in [3.63, 3.8) is 0 Å². The smallest absolute Gasteiger partial charge is 0.241 e. The molecule has 1 aliphatic carbocycles. The average molecular weight is 238 g/mol. The van der Waals surface area contributed by atoms with Crippen LogP contribution in [-0.4, -0.2) is 29.6 Å². The molecule has 98 valence electrons. The maximum absolute atomic E-state index is 12.4. The summed E-state index contributed by atoms with van der Waals surface area (Å²) in [4.78, 5) is 14.5. The van der Waals surface area contributed by atoms with E-state index in [1.54, 1.807) is 0 Å². The van der Waals surface area contributed by atoms with Gasteiger partial charge in [-0.2, -0.15) is 0 Å². The normalized spacial score (nSPS) is 31.4. The maximum atomic E-state index is 12.4. The molecular formula is C14H26N2O. The third-order valence-corrected chi connectivity index (χ3v) is 4.15. The zero-order valence-electron chi connectivity index (χ0n) is 11.6. The lowest BCUT2D eigenvalue weighted by molar-refractivity contribution is -0.131. The SMILES string of the molecule is CCCC1NC(C(C)C)N(CC2(C)CC2)C1=O. The third-order valence-electron chi connectivity index (χ3n) is 4.15. The Morgan fingerprint density at radius 2 is 2.12 bits per heavy atom. The van der Waals surface area contributed by atoms with Crippen molar-refractivity contribution in [2.45, 2.75) is 65.6 Å². The van der Waals surface area contributed by atoms with Gasteiger partial charge in [0.15, 0.2) is 0 Å². The number of rotatable bonds is 5. The van der Waals surface area contributed by atoms with E-state index < -0.39 is 0 Å². The zero-order chi connectivity index (χ0) is 12.6. The molecule has 1 saturated carbocycles. The quantitative estimate of drug-likeness (QED) is 0.797. The van der Waals surface area contributed by atoms with Gasteiger partial charge in [-0.05, 0) is 30.6 Å². The molecule has 0 aromatic heterocycles. The summed E-state index contributed by atoms with van der Waals surface area (Å²) in [6.45, 7) is 9.78. The highest BCUT2D eigenvalue weighted by Gasteiger charge is 2.46. The molecule has 0 radical (unpaired) electrons. The first-order valence-corrected chi connectivity index (χ1v) is 7.03. The van der Waals surface area contributed by atoms with Crippen LogP contribution in [-0.2, 0) is 4.79 Å². The molecule has 3 nitrogen and oxygen atoms in total. The van der Waals surface area contributed by atoms with Gasteiger partial charge in [0.25, 0.3) is 0 Å². The molecule has 0 bridgehead atoms. The van der Waals surface area contributed by atoms with Crippen molar-refractivity contribution < 1.29 is 4.79 Å². The van der Waals surface area contributed by atoms with Crippen molar-refractivity contribution in [1.82, 2.24) is 10.2 Å². The molecule has 1 heterocycles. The van der Waals surface area contributed by atoms with E-state index in [1.807, 2.05) is 0 Å². The Labute approximate surface area is 105 Å². The lowest BCUT2D eigenvalue weighted by Crippen LogP contribution is -2.43. The van der Waals surface area contributed by atoms with Crippen LogP contribution in [0.3, 0.4) is 0 Å². The largest absolute Gasteiger partial charge is 0.325 e. The van der Waals surface area contributed by atoms with Crippen LogP contribution in [0.5, 0.6) is 0 Å². The predicted octanol–water partition coefficient (Wildman–Crippen LogP) is 2.37. The fraction of sp³-hybridized carbons (Fsp3) is 0.929. The van der Waals surface area contributed by atoms with Crippen LogP contribution in [0.1, 0.15) is 53.4 Å². The van der Waals surface area contributed by atoms with Gasteiger partial charge < -0.3 is 4.90 Å². The number of carbonyl (C=O) groups excluding carboxylic acids is 1. The molecule has 1 aliphatic heterocycles. The zero-order valence-corrected chi connectivity index (χ0v) is 11.6. The van der Waals surface area contributed by atoms with Crippen molar-refractivity contribution in [3.05, 3.63) is 0 Å². The Morgan fingerprint density at radius 1 is 1.47 bits per heavy atom. The third kappa shape index (κ3) is 2.65. The molecule has 2 atom stereocenters. The van der Waals surface area contributed by atoms with Gasteiger partial charge in [0.05, 0.1) is 12.2 Å². The van der Waals surface area contributed by atoms with Gasteiger partial charge >= 0.3 is 0 Å². The van der Waals surface area contributed by atoms with Crippen molar-refractivity contribution in [3.8, 4) is 0 Å². The number of nitrogens with one attached hydrogen (secondary N) is 1. The highest BCUT2D eigenvalue weighted by atomic mass is 16.2. The van der Waals surface area contributed by atoms with E-state index in [4.69, 9.17) is 0 Å². The number of carbonyl (C=O) groups is 1. The molecule has 2 aliphatic rings. The van der Waals surface area contributed by atoms with Crippen LogP contribution in [0.2, 0.25) is 0 Å². The van der Waals surface area contributed by atoms with Gasteiger partial charge in [-0.1, -0.05) is 34.1 Å². The summed E-state index contributed by atoms with van der Waals surface area (Å²) in [5, 5.41) is 3.52. The van der Waals surface area contributed by atoms with Crippen molar-refractivity contribution in [2.75, 3.05) is 6.54 Å². The van der Waals surface area contributed by atoms with E-state index in [0.29, 0.717) is 17.2 Å². The summed E-state index contributed by atoms with van der Waals surface area (Å²) < 4.78 is 0. The second-order valence-corrected chi connectivity index (χ2v) is 6.47. The van der Waals surface area contributed by atoms with Crippen molar-refractivity contribution >= 4 is 5.91 Å². The second-order valence-electron chi connectivity index (χ2n) is 6.47. The van der Waals surface area contributed by atoms with Crippen LogP contribution in [0.15, 0.2) is 0 Å². The number of amides is 1. The lowest BCUT2D eigenvalue weighted by Gasteiger charge is -2.29. The minimum Gasteiger partial charge on any atom is -0.325 e. The molecule has 2 unspecified atom stereocenters. The van der Waals surface area contributed by atoms with Crippen molar-refractivity contribution in [2.24, 2.45) is 11.3 Å². The lowest BCUT2D eigenvalue weighted by atomic mass is 10.1. The maximum Gasteiger partial charge on any atom is 0.241 e. The van der Waals surface area contributed by atoms with E-state index in [2.05, 4.69) is 37.9 Å². The molecule has 17 heavy (non-hydrogen) atoms. The Bertz CT molecular complexity index is 297. The van der Waals surface area contributed by atoms with Crippen LogP contribution in [0, 0.1) is 11.3 Å². The van der Waals surface area contributed by atoms with Gasteiger partial charge in [0.1, 0.15) is 0 Å². The van der Waals surface area contributed by atoms with E-state index in [0.717, 1.165) is 19.4 Å². The Balaban J connectivity index is 2.06. The Morgan fingerprint density at radius 3 is 2.59 bits per heavy atom. The summed E-state index contributed by atoms with van der Waals surface area (Å²) in [6, 6.07) is 0.0646. The van der Waals surface area contributed by atoms with Crippen LogP contribution in [0.25, 0.3) is 0 Å². The van der Waals surface area contributed by atoms with Gasteiger partial charge in [0.2, 0.25) is 5.91 Å². The number of hydrogen-bond donors (Lipinski definition) is 1. The summed E-state index contributed by atoms with van der Waals surface area (Å²) in [6.07, 6.45) is 4.84. The summed E-state index contributed by atoms with van der Waals surface area (Å²) in [5.74, 6) is 0.821. The molecule has 3 heteroatoms. The summed E-state index contributed by atoms with van der Waals surface area (Å²) in [7, 11) is 0. The van der Waals surface area contributed by atoms with Crippen LogP contribution in [0.4, 0.5) is 0 Å². The van der Waals surface area contributed by atoms with Crippen molar-refractivity contribution in [1.29, 1.82) is 0 Å². The highest BCUT2D eigenvalue weighted by Crippen LogP contribution is 2.46. The molecule has 2 rings (SSSR count). The van der Waals surface area contributed by atoms with E-state index in [-0.39, 0.29) is 12.2 Å². The van der Waals surface area contributed by atoms with E-state index in [1.165, 1.54) is 12.8 Å². The van der Waals surface area contributed by atoms with Gasteiger partial charge in [-0.3, -0.25) is 10.1 Å². The first kappa shape index (κ1) is 12.9. The monoisotopic (exact) mass is 238 g/mol. The first-order chi connectivity index (χ1) is 7.97. The minimum atomic E-state index is 0.0646. The standard InChI is InChI=1S/C14H26N2O/c1-5-6-11-13(17)16(9-14(4)7-8-14)12(15-11)10(2)3/h10-12,15H,5-9H2,1-4H3. The molecular weight excluding hydrogens is 212 g/mol.